The Hall–Kier alpha value is 0.130. The van der Waals surface area contributed by atoms with E-state index in [1.165, 1.54) is 12.8 Å². The Morgan fingerprint density at radius 3 is 2.40 bits per heavy atom. The fourth-order valence-corrected chi connectivity index (χ4v) is 3.20. The number of rotatable bonds is 3. The molecule has 1 aromatic carbocycles. The van der Waals surface area contributed by atoms with E-state index in [1.54, 1.807) is 6.07 Å². The number of nitrogens with one attached hydrogen (secondary N) is 1. The van der Waals surface area contributed by atoms with Crippen LogP contribution in [0.2, 0.25) is 0 Å². The van der Waals surface area contributed by atoms with Gasteiger partial charge in [0.2, 0.25) is 0 Å². The lowest BCUT2D eigenvalue weighted by atomic mass is 9.99. The lowest BCUT2D eigenvalue weighted by Gasteiger charge is -2.35. The van der Waals surface area contributed by atoms with E-state index in [1.807, 2.05) is 12.1 Å². The molecule has 1 aliphatic carbocycles. The summed E-state index contributed by atoms with van der Waals surface area (Å²) in [6.45, 7) is 4.08. The number of nitrogens with zero attached hydrogens (tertiary/aromatic N) is 1. The summed E-state index contributed by atoms with van der Waals surface area (Å²) < 4.78 is 15.0. The van der Waals surface area contributed by atoms with Crippen molar-refractivity contribution in [3.8, 4) is 0 Å². The maximum atomic E-state index is 14.2. The average Bonchev–Trinajstić information content (AvgIpc) is 3.18. The molecule has 1 aromatic rings. The Morgan fingerprint density at radius 2 is 1.85 bits per heavy atom. The van der Waals surface area contributed by atoms with Crippen molar-refractivity contribution in [1.29, 1.82) is 0 Å². The van der Waals surface area contributed by atoms with E-state index in [0.29, 0.717) is 5.92 Å². The maximum Gasteiger partial charge on any atom is 0.129 e. The van der Waals surface area contributed by atoms with E-state index >= 15 is 0 Å². The first kappa shape index (κ1) is 18.2. The summed E-state index contributed by atoms with van der Waals surface area (Å²) in [7, 11) is 0. The average molecular weight is 386 g/mol. The van der Waals surface area contributed by atoms with Gasteiger partial charge in [-0.2, -0.15) is 0 Å². The smallest absolute Gasteiger partial charge is 0.129 e. The van der Waals surface area contributed by atoms with Crippen molar-refractivity contribution in [3.63, 3.8) is 0 Å². The van der Waals surface area contributed by atoms with Crippen LogP contribution in [0.4, 0.5) is 4.39 Å². The minimum atomic E-state index is -0.0696. The van der Waals surface area contributed by atoms with Gasteiger partial charge in [0.25, 0.3) is 0 Å². The zero-order valence-electron chi connectivity index (χ0n) is 11.1. The molecule has 0 aromatic heterocycles. The second-order valence-electron chi connectivity index (χ2n) is 5.23. The zero-order valence-corrected chi connectivity index (χ0v) is 14.4. The molecule has 0 amide bonds. The topological polar surface area (TPSA) is 15.3 Å². The van der Waals surface area contributed by atoms with Crippen molar-refractivity contribution >= 4 is 40.7 Å². The van der Waals surface area contributed by atoms with Crippen molar-refractivity contribution in [2.24, 2.45) is 5.92 Å². The molecule has 2 aliphatic rings. The highest BCUT2D eigenvalue weighted by molar-refractivity contribution is 9.10. The maximum absolute atomic E-state index is 14.2. The molecule has 1 N–H and O–H groups in total. The van der Waals surface area contributed by atoms with Crippen molar-refractivity contribution in [1.82, 2.24) is 10.2 Å². The van der Waals surface area contributed by atoms with E-state index in [2.05, 4.69) is 26.1 Å². The van der Waals surface area contributed by atoms with Crippen molar-refractivity contribution in [2.45, 2.75) is 18.9 Å². The molecule has 2 fully saturated rings. The third-order valence-corrected chi connectivity index (χ3v) is 4.39. The van der Waals surface area contributed by atoms with Crippen molar-refractivity contribution in [3.05, 3.63) is 34.1 Å². The van der Waals surface area contributed by atoms with Gasteiger partial charge in [-0.05, 0) is 30.9 Å². The molecule has 1 saturated heterocycles. The van der Waals surface area contributed by atoms with Gasteiger partial charge >= 0.3 is 0 Å². The highest BCUT2D eigenvalue weighted by atomic mass is 79.9. The van der Waals surface area contributed by atoms with Crippen LogP contribution in [-0.4, -0.2) is 31.1 Å². The second-order valence-corrected chi connectivity index (χ2v) is 6.15. The molecule has 0 unspecified atom stereocenters. The SMILES string of the molecule is Cl.Cl.Fc1cc(Br)ccc1[C@H](C1CC1)N1CCNCC1. The van der Waals surface area contributed by atoms with Gasteiger partial charge < -0.3 is 5.32 Å². The first-order valence-corrected chi connectivity index (χ1v) is 7.45. The van der Waals surface area contributed by atoms with Gasteiger partial charge in [0.05, 0.1) is 0 Å². The van der Waals surface area contributed by atoms with Gasteiger partial charge in [-0.1, -0.05) is 22.0 Å². The number of piperazine rings is 1. The summed E-state index contributed by atoms with van der Waals surface area (Å²) in [6.07, 6.45) is 2.48. The molecule has 1 atom stereocenters. The quantitative estimate of drug-likeness (QED) is 0.851. The van der Waals surface area contributed by atoms with Crippen LogP contribution < -0.4 is 5.32 Å². The van der Waals surface area contributed by atoms with E-state index in [4.69, 9.17) is 0 Å². The minimum Gasteiger partial charge on any atom is -0.314 e. The summed E-state index contributed by atoms with van der Waals surface area (Å²) in [5, 5.41) is 3.36. The first-order chi connectivity index (χ1) is 8.75. The molecule has 0 radical (unpaired) electrons. The number of halogens is 4. The molecule has 1 heterocycles. The molecule has 1 aliphatic heterocycles. The molecule has 2 nitrogen and oxygen atoms in total. The summed E-state index contributed by atoms with van der Waals surface area (Å²) >= 11 is 3.33. The molecular weight excluding hydrogens is 366 g/mol. The Bertz CT molecular complexity index is 437. The minimum absolute atomic E-state index is 0. The Morgan fingerprint density at radius 1 is 1.20 bits per heavy atom. The van der Waals surface area contributed by atoms with Gasteiger partial charge in [0.15, 0.2) is 0 Å². The van der Waals surface area contributed by atoms with E-state index in [9.17, 15) is 4.39 Å². The number of hydrogen-bond acceptors (Lipinski definition) is 2. The molecule has 20 heavy (non-hydrogen) atoms. The van der Waals surface area contributed by atoms with Crippen LogP contribution in [0.25, 0.3) is 0 Å². The normalized spacial score (nSPS) is 20.7. The number of benzene rings is 1. The van der Waals surface area contributed by atoms with E-state index in [-0.39, 0.29) is 36.7 Å². The highest BCUT2D eigenvalue weighted by Gasteiger charge is 2.37. The first-order valence-electron chi connectivity index (χ1n) is 6.65. The van der Waals surface area contributed by atoms with Crippen LogP contribution in [0, 0.1) is 11.7 Å². The van der Waals surface area contributed by atoms with Gasteiger partial charge in [0, 0.05) is 42.3 Å². The molecule has 3 rings (SSSR count). The standard InChI is InChI=1S/C14H18BrFN2.2ClH/c15-11-3-4-12(13(16)9-11)14(10-1-2-10)18-7-5-17-6-8-18;;/h3-4,9-10,14,17H,1-2,5-8H2;2*1H/t14-;;/m0../s1. The molecule has 6 heteroatoms. The van der Waals surface area contributed by atoms with Crippen LogP contribution in [0.3, 0.4) is 0 Å². The number of hydrogen-bond donors (Lipinski definition) is 1. The third kappa shape index (κ3) is 4.08. The van der Waals surface area contributed by atoms with Crippen LogP contribution in [0.1, 0.15) is 24.4 Å². The second kappa shape index (κ2) is 7.95. The van der Waals surface area contributed by atoms with Gasteiger partial charge in [-0.25, -0.2) is 4.39 Å². The zero-order chi connectivity index (χ0) is 12.5. The van der Waals surface area contributed by atoms with Crippen molar-refractivity contribution in [2.75, 3.05) is 26.2 Å². The molecule has 0 spiro atoms. The van der Waals surface area contributed by atoms with E-state index < -0.39 is 0 Å². The highest BCUT2D eigenvalue weighted by Crippen LogP contribution is 2.45. The lowest BCUT2D eigenvalue weighted by Crippen LogP contribution is -2.45. The molecular formula is C14H20BrCl2FN2. The van der Waals surface area contributed by atoms with Crippen LogP contribution in [-0.2, 0) is 0 Å². The van der Waals surface area contributed by atoms with Crippen molar-refractivity contribution < 1.29 is 4.39 Å². The summed E-state index contributed by atoms with van der Waals surface area (Å²) in [6, 6.07) is 5.77. The largest absolute Gasteiger partial charge is 0.314 e. The summed E-state index contributed by atoms with van der Waals surface area (Å²) in [5.74, 6) is 0.582. The third-order valence-electron chi connectivity index (χ3n) is 3.89. The fourth-order valence-electron chi connectivity index (χ4n) is 2.86. The van der Waals surface area contributed by atoms with Gasteiger partial charge in [-0.15, -0.1) is 24.8 Å². The lowest BCUT2D eigenvalue weighted by molar-refractivity contribution is 0.153. The van der Waals surface area contributed by atoms with Crippen LogP contribution in [0.5, 0.6) is 0 Å². The monoisotopic (exact) mass is 384 g/mol. The Labute approximate surface area is 140 Å². The van der Waals surface area contributed by atoms with Gasteiger partial charge in [0.1, 0.15) is 5.82 Å². The fraction of sp³-hybridized carbons (Fsp3) is 0.571. The van der Waals surface area contributed by atoms with Gasteiger partial charge in [-0.3, -0.25) is 4.90 Å². The summed E-state index contributed by atoms with van der Waals surface area (Å²) in [5.41, 5.74) is 0.877. The molecule has 114 valence electrons. The molecule has 1 saturated carbocycles. The predicted molar refractivity (Wildman–Crippen MR) is 88.5 cm³/mol. The van der Waals surface area contributed by atoms with E-state index in [0.717, 1.165) is 36.2 Å². The van der Waals surface area contributed by atoms with Crippen LogP contribution >= 0.6 is 40.7 Å². The Kier molecular flexibility index (Phi) is 7.22. The summed E-state index contributed by atoms with van der Waals surface area (Å²) in [4.78, 5) is 2.44. The predicted octanol–water partition coefficient (Wildman–Crippen LogP) is 3.79. The molecule has 0 bridgehead atoms. The Balaban J connectivity index is 0.000001000. The van der Waals surface area contributed by atoms with Crippen LogP contribution in [0.15, 0.2) is 22.7 Å².